The highest BCUT2D eigenvalue weighted by molar-refractivity contribution is 5.85. The Morgan fingerprint density at radius 3 is 3.11 bits per heavy atom. The molecule has 3 N–H and O–H groups in total. The van der Waals surface area contributed by atoms with Crippen LogP contribution in [-0.2, 0) is 0 Å². The Kier molecular flexibility index (Phi) is 3.72. The van der Waals surface area contributed by atoms with E-state index in [1.807, 2.05) is 0 Å². The minimum Gasteiger partial charge on any atom is -0.504 e. The minimum absolute atomic E-state index is 0.0248. The molecule has 2 aromatic rings. The second kappa shape index (κ2) is 5.63. The van der Waals surface area contributed by atoms with E-state index in [9.17, 15) is 9.90 Å². The molecule has 19 heavy (non-hydrogen) atoms. The van der Waals surface area contributed by atoms with E-state index in [4.69, 9.17) is 4.74 Å². The zero-order valence-corrected chi connectivity index (χ0v) is 9.99. The number of rotatable bonds is 4. The van der Waals surface area contributed by atoms with Gasteiger partial charge in [0, 0.05) is 5.56 Å². The Balaban J connectivity index is 2.13. The maximum Gasteiger partial charge on any atom is 0.271 e. The molecule has 0 atom stereocenters. The summed E-state index contributed by atoms with van der Waals surface area (Å²) in [5.74, 6) is 0.422. The number of para-hydroxylation sites is 1. The Hall–Kier alpha value is -2.90. The van der Waals surface area contributed by atoms with E-state index in [1.54, 1.807) is 18.2 Å². The number of benzene rings is 1. The molecule has 8 nitrogen and oxygen atoms in total. The number of aromatic amines is 1. The summed E-state index contributed by atoms with van der Waals surface area (Å²) >= 11 is 0. The lowest BCUT2D eigenvalue weighted by atomic mass is 10.2. The number of nitrogens with zero attached hydrogens (tertiary/aromatic N) is 3. The van der Waals surface area contributed by atoms with E-state index in [0.717, 1.165) is 6.20 Å². The first kappa shape index (κ1) is 12.6. The van der Waals surface area contributed by atoms with Gasteiger partial charge < -0.3 is 9.84 Å². The SMILES string of the molecule is COc1cccc(C=NNc2nncc(=O)[nH]2)c1O. The molecule has 1 heterocycles. The summed E-state index contributed by atoms with van der Waals surface area (Å²) in [5.41, 5.74) is 2.55. The molecule has 0 radical (unpaired) electrons. The highest BCUT2D eigenvalue weighted by Gasteiger charge is 2.04. The van der Waals surface area contributed by atoms with Gasteiger partial charge in [-0.2, -0.15) is 5.10 Å². The van der Waals surface area contributed by atoms with Crippen molar-refractivity contribution in [1.29, 1.82) is 0 Å². The van der Waals surface area contributed by atoms with Crippen LogP contribution in [0.4, 0.5) is 5.95 Å². The first-order chi connectivity index (χ1) is 9.20. The second-order valence-corrected chi connectivity index (χ2v) is 3.45. The number of hydrazone groups is 1. The van der Waals surface area contributed by atoms with Crippen molar-refractivity contribution in [3.8, 4) is 11.5 Å². The number of methoxy groups -OCH3 is 1. The van der Waals surface area contributed by atoms with Gasteiger partial charge in [0.2, 0.25) is 5.95 Å². The predicted molar refractivity (Wildman–Crippen MR) is 68.5 cm³/mol. The number of ether oxygens (including phenoxy) is 1. The summed E-state index contributed by atoms with van der Waals surface area (Å²) in [6, 6.07) is 4.99. The van der Waals surface area contributed by atoms with Gasteiger partial charge in [-0.3, -0.25) is 9.78 Å². The topological polar surface area (TPSA) is 112 Å². The lowest BCUT2D eigenvalue weighted by Crippen LogP contribution is -2.10. The van der Waals surface area contributed by atoms with Crippen LogP contribution in [0.5, 0.6) is 11.5 Å². The van der Waals surface area contributed by atoms with E-state index < -0.39 is 5.56 Å². The minimum atomic E-state index is -0.392. The molecule has 98 valence electrons. The fourth-order valence-electron chi connectivity index (χ4n) is 1.33. The van der Waals surface area contributed by atoms with E-state index in [1.165, 1.54) is 13.3 Å². The maximum absolute atomic E-state index is 11.0. The van der Waals surface area contributed by atoms with Crippen LogP contribution in [0.3, 0.4) is 0 Å². The highest BCUT2D eigenvalue weighted by Crippen LogP contribution is 2.27. The molecule has 0 bridgehead atoms. The highest BCUT2D eigenvalue weighted by atomic mass is 16.5. The normalized spacial score (nSPS) is 10.6. The van der Waals surface area contributed by atoms with E-state index in [0.29, 0.717) is 11.3 Å². The Morgan fingerprint density at radius 2 is 2.37 bits per heavy atom. The van der Waals surface area contributed by atoms with Gasteiger partial charge in [-0.15, -0.1) is 10.2 Å². The van der Waals surface area contributed by atoms with Gasteiger partial charge in [-0.05, 0) is 12.1 Å². The van der Waals surface area contributed by atoms with E-state index in [2.05, 4.69) is 25.7 Å². The molecular formula is C11H11N5O3. The smallest absolute Gasteiger partial charge is 0.271 e. The van der Waals surface area contributed by atoms with Crippen LogP contribution in [-0.4, -0.2) is 33.6 Å². The van der Waals surface area contributed by atoms with Crippen LogP contribution < -0.4 is 15.7 Å². The van der Waals surface area contributed by atoms with Gasteiger partial charge in [-0.1, -0.05) is 6.07 Å². The van der Waals surface area contributed by atoms with Crippen LogP contribution >= 0.6 is 0 Å². The second-order valence-electron chi connectivity index (χ2n) is 3.45. The number of H-pyrrole nitrogens is 1. The Morgan fingerprint density at radius 1 is 1.53 bits per heavy atom. The average Bonchev–Trinajstić information content (AvgIpc) is 2.41. The molecule has 0 aliphatic rings. The molecule has 0 fully saturated rings. The van der Waals surface area contributed by atoms with Crippen LogP contribution in [0.1, 0.15) is 5.56 Å². The van der Waals surface area contributed by atoms with Gasteiger partial charge in [-0.25, -0.2) is 5.43 Å². The third-order valence-electron chi connectivity index (χ3n) is 2.20. The third-order valence-corrected chi connectivity index (χ3v) is 2.20. The monoisotopic (exact) mass is 261 g/mol. The summed E-state index contributed by atoms with van der Waals surface area (Å²) in [6.45, 7) is 0. The van der Waals surface area contributed by atoms with Crippen molar-refractivity contribution in [2.45, 2.75) is 0 Å². The van der Waals surface area contributed by atoms with Crippen molar-refractivity contribution >= 4 is 12.2 Å². The van der Waals surface area contributed by atoms with Crippen LogP contribution in [0.2, 0.25) is 0 Å². The van der Waals surface area contributed by atoms with Crippen molar-refractivity contribution in [3.63, 3.8) is 0 Å². The van der Waals surface area contributed by atoms with Crippen LogP contribution in [0.25, 0.3) is 0 Å². The average molecular weight is 261 g/mol. The maximum atomic E-state index is 11.0. The standard InChI is InChI=1S/C11H11N5O3/c1-19-8-4-2-3-7(10(8)18)5-12-15-11-14-9(17)6-13-16-11/h2-6,18H,1H3,(H2,14,15,16,17). The number of hydrogen-bond donors (Lipinski definition) is 3. The Bertz CT molecular complexity index is 653. The van der Waals surface area contributed by atoms with Crippen molar-refractivity contribution < 1.29 is 9.84 Å². The number of phenolic OH excluding ortho intramolecular Hbond substituents is 1. The molecule has 1 aromatic heterocycles. The fraction of sp³-hybridized carbons (Fsp3) is 0.0909. The van der Waals surface area contributed by atoms with Gasteiger partial charge in [0.25, 0.3) is 5.56 Å². The zero-order chi connectivity index (χ0) is 13.7. The van der Waals surface area contributed by atoms with Crippen molar-refractivity contribution in [1.82, 2.24) is 15.2 Å². The molecule has 0 aliphatic carbocycles. The predicted octanol–water partition coefficient (Wildman–Crippen LogP) is 0.325. The first-order valence-electron chi connectivity index (χ1n) is 5.28. The fourth-order valence-corrected chi connectivity index (χ4v) is 1.33. The summed E-state index contributed by atoms with van der Waals surface area (Å²) in [6.07, 6.45) is 2.41. The summed E-state index contributed by atoms with van der Waals surface area (Å²) < 4.78 is 4.96. The molecule has 8 heteroatoms. The molecule has 0 saturated carbocycles. The lowest BCUT2D eigenvalue weighted by Gasteiger charge is -2.04. The zero-order valence-electron chi connectivity index (χ0n) is 9.99. The van der Waals surface area contributed by atoms with Gasteiger partial charge in [0.15, 0.2) is 11.5 Å². The van der Waals surface area contributed by atoms with Crippen molar-refractivity contribution in [3.05, 3.63) is 40.3 Å². The summed E-state index contributed by atoms with van der Waals surface area (Å²) in [4.78, 5) is 13.3. The van der Waals surface area contributed by atoms with E-state index in [-0.39, 0.29) is 11.7 Å². The lowest BCUT2D eigenvalue weighted by molar-refractivity contribution is 0.373. The number of nitrogens with one attached hydrogen (secondary N) is 2. The molecule has 0 unspecified atom stereocenters. The van der Waals surface area contributed by atoms with Crippen molar-refractivity contribution in [2.75, 3.05) is 12.5 Å². The van der Waals surface area contributed by atoms with Crippen LogP contribution in [0.15, 0.2) is 34.3 Å². The largest absolute Gasteiger partial charge is 0.504 e. The molecule has 0 amide bonds. The number of hydrogen-bond acceptors (Lipinski definition) is 7. The number of phenols is 1. The number of anilines is 1. The summed E-state index contributed by atoms with van der Waals surface area (Å²) in [5, 5.41) is 20.7. The molecule has 1 aromatic carbocycles. The van der Waals surface area contributed by atoms with Gasteiger partial charge in [0.05, 0.1) is 13.3 Å². The van der Waals surface area contributed by atoms with Crippen molar-refractivity contribution in [2.24, 2.45) is 5.10 Å². The van der Waals surface area contributed by atoms with Gasteiger partial charge >= 0.3 is 0 Å². The molecule has 0 spiro atoms. The molecule has 0 saturated heterocycles. The molecule has 0 aliphatic heterocycles. The Labute approximate surface area is 107 Å². The molecular weight excluding hydrogens is 250 g/mol. The quantitative estimate of drug-likeness (QED) is 0.540. The van der Waals surface area contributed by atoms with Gasteiger partial charge in [0.1, 0.15) is 6.20 Å². The van der Waals surface area contributed by atoms with Crippen LogP contribution in [0, 0.1) is 0 Å². The third kappa shape index (κ3) is 3.06. The number of aromatic nitrogens is 3. The summed E-state index contributed by atoms with van der Waals surface area (Å²) in [7, 11) is 1.46. The first-order valence-corrected chi connectivity index (χ1v) is 5.28. The number of aromatic hydroxyl groups is 1. The molecule has 2 rings (SSSR count). The van der Waals surface area contributed by atoms with E-state index >= 15 is 0 Å².